The predicted molar refractivity (Wildman–Crippen MR) is 93.6 cm³/mol. The van der Waals surface area contributed by atoms with Gasteiger partial charge in [0.05, 0.1) is 29.6 Å². The summed E-state index contributed by atoms with van der Waals surface area (Å²) >= 11 is 6.11. The first-order valence-corrected chi connectivity index (χ1v) is 8.56. The highest BCUT2D eigenvalue weighted by atomic mass is 35.5. The average molecular weight is 349 g/mol. The lowest BCUT2D eigenvalue weighted by Gasteiger charge is -2.13. The molecule has 1 aromatic heterocycles. The normalized spacial score (nSPS) is 13.2. The average Bonchev–Trinajstić information content (AvgIpc) is 2.99. The van der Waals surface area contributed by atoms with Gasteiger partial charge in [0, 0.05) is 19.2 Å². The molecule has 0 spiro atoms. The van der Waals surface area contributed by atoms with Gasteiger partial charge in [-0.25, -0.2) is 9.78 Å². The van der Waals surface area contributed by atoms with Crippen molar-refractivity contribution in [2.75, 3.05) is 11.9 Å². The number of imidazole rings is 1. The van der Waals surface area contributed by atoms with Crippen LogP contribution in [0, 0.1) is 0 Å². The van der Waals surface area contributed by atoms with E-state index in [1.165, 1.54) is 12.8 Å². The molecule has 0 saturated carbocycles. The number of halogens is 1. The van der Waals surface area contributed by atoms with E-state index in [-0.39, 0.29) is 6.03 Å². The summed E-state index contributed by atoms with van der Waals surface area (Å²) in [6, 6.07) is 4.94. The molecule has 0 saturated heterocycles. The number of hydrogen-bond donors (Lipinski definition) is 2. The van der Waals surface area contributed by atoms with Crippen molar-refractivity contribution in [3.8, 4) is 5.75 Å². The quantitative estimate of drug-likeness (QED) is 0.867. The molecule has 1 aliphatic heterocycles. The Hall–Kier alpha value is -2.21. The second-order valence-electron chi connectivity index (χ2n) is 5.66. The van der Waals surface area contributed by atoms with Gasteiger partial charge in [-0.05, 0) is 31.9 Å². The third-order valence-electron chi connectivity index (χ3n) is 3.89. The summed E-state index contributed by atoms with van der Waals surface area (Å²) in [5.41, 5.74) is 1.42. The van der Waals surface area contributed by atoms with Crippen LogP contribution in [0.5, 0.6) is 5.75 Å². The van der Waals surface area contributed by atoms with Crippen LogP contribution >= 0.6 is 11.6 Å². The van der Waals surface area contributed by atoms with Crippen molar-refractivity contribution in [1.29, 1.82) is 0 Å². The lowest BCUT2D eigenvalue weighted by atomic mass is 10.2. The highest BCUT2D eigenvalue weighted by Crippen LogP contribution is 2.32. The van der Waals surface area contributed by atoms with Crippen LogP contribution in [0.2, 0.25) is 5.02 Å². The number of para-hydroxylation sites is 1. The standard InChI is InChI=1S/C17H21ClN4O2/c1-2-24-16-13(18)6-5-7-14(16)21-17(23)19-10-12-11-22-9-4-3-8-15(22)20-12/h5-7,11H,2-4,8-10H2,1H3,(H2,19,21,23). The molecule has 0 fully saturated rings. The Kier molecular flexibility index (Phi) is 5.25. The second-order valence-corrected chi connectivity index (χ2v) is 6.06. The third kappa shape index (κ3) is 3.82. The minimum Gasteiger partial charge on any atom is -0.490 e. The maximum Gasteiger partial charge on any atom is 0.319 e. The van der Waals surface area contributed by atoms with Crippen LogP contribution in [0.4, 0.5) is 10.5 Å². The topological polar surface area (TPSA) is 68.2 Å². The van der Waals surface area contributed by atoms with E-state index in [2.05, 4.69) is 20.2 Å². The number of nitrogens with zero attached hydrogens (tertiary/aromatic N) is 2. The van der Waals surface area contributed by atoms with Gasteiger partial charge in [-0.15, -0.1) is 0 Å². The number of anilines is 1. The molecule has 2 amide bonds. The number of ether oxygens (including phenoxy) is 1. The lowest BCUT2D eigenvalue weighted by molar-refractivity contribution is 0.251. The van der Waals surface area contributed by atoms with Gasteiger partial charge in [-0.1, -0.05) is 17.7 Å². The van der Waals surface area contributed by atoms with Crippen molar-refractivity contribution in [2.24, 2.45) is 0 Å². The Balaban J connectivity index is 1.60. The van der Waals surface area contributed by atoms with E-state index < -0.39 is 0 Å². The number of urea groups is 1. The van der Waals surface area contributed by atoms with Crippen LogP contribution in [-0.2, 0) is 19.5 Å². The first-order chi connectivity index (χ1) is 11.7. The molecule has 0 aliphatic carbocycles. The van der Waals surface area contributed by atoms with Crippen LogP contribution in [-0.4, -0.2) is 22.2 Å². The molecule has 24 heavy (non-hydrogen) atoms. The summed E-state index contributed by atoms with van der Waals surface area (Å²) in [5, 5.41) is 6.06. The van der Waals surface area contributed by atoms with E-state index >= 15 is 0 Å². The van der Waals surface area contributed by atoms with Crippen LogP contribution in [0.15, 0.2) is 24.4 Å². The Labute approximate surface area is 146 Å². The molecule has 0 unspecified atom stereocenters. The number of carbonyl (C=O) groups is 1. The fourth-order valence-electron chi connectivity index (χ4n) is 2.79. The SMILES string of the molecule is CCOc1c(Cl)cccc1NC(=O)NCc1cn2c(n1)CCCC2. The fraction of sp³-hybridized carbons (Fsp3) is 0.412. The zero-order valence-electron chi connectivity index (χ0n) is 13.6. The molecule has 0 atom stereocenters. The minimum atomic E-state index is -0.316. The Morgan fingerprint density at radius 1 is 1.42 bits per heavy atom. The molecule has 1 aromatic carbocycles. The maximum atomic E-state index is 12.1. The number of amides is 2. The summed E-state index contributed by atoms with van der Waals surface area (Å²) in [6.07, 6.45) is 5.39. The molecule has 2 N–H and O–H groups in total. The third-order valence-corrected chi connectivity index (χ3v) is 4.19. The highest BCUT2D eigenvalue weighted by Gasteiger charge is 2.14. The van der Waals surface area contributed by atoms with E-state index in [9.17, 15) is 4.79 Å². The van der Waals surface area contributed by atoms with Crippen molar-refractivity contribution >= 4 is 23.3 Å². The molecule has 128 valence electrons. The molecule has 2 heterocycles. The maximum absolute atomic E-state index is 12.1. The smallest absolute Gasteiger partial charge is 0.319 e. The van der Waals surface area contributed by atoms with Gasteiger partial charge in [-0.3, -0.25) is 0 Å². The number of nitrogens with one attached hydrogen (secondary N) is 2. The molecule has 6 nitrogen and oxygen atoms in total. The van der Waals surface area contributed by atoms with Crippen molar-refractivity contribution in [2.45, 2.75) is 39.3 Å². The summed E-state index contributed by atoms with van der Waals surface area (Å²) < 4.78 is 7.67. The number of hydrogen-bond acceptors (Lipinski definition) is 3. The van der Waals surface area contributed by atoms with Gasteiger partial charge < -0.3 is 19.9 Å². The Morgan fingerprint density at radius 2 is 2.29 bits per heavy atom. The van der Waals surface area contributed by atoms with Crippen molar-refractivity contribution in [3.05, 3.63) is 40.9 Å². The first kappa shape index (κ1) is 16.6. The van der Waals surface area contributed by atoms with Crippen LogP contribution < -0.4 is 15.4 Å². The van der Waals surface area contributed by atoms with Gasteiger partial charge in [0.2, 0.25) is 0 Å². The van der Waals surface area contributed by atoms with Gasteiger partial charge in [-0.2, -0.15) is 0 Å². The van der Waals surface area contributed by atoms with Crippen LogP contribution in [0.1, 0.15) is 31.3 Å². The van der Waals surface area contributed by atoms with Crippen molar-refractivity contribution < 1.29 is 9.53 Å². The van der Waals surface area contributed by atoms with E-state index in [1.54, 1.807) is 18.2 Å². The number of carbonyl (C=O) groups excluding carboxylic acids is 1. The molecule has 7 heteroatoms. The molecule has 2 aromatic rings. The largest absolute Gasteiger partial charge is 0.490 e. The Bertz CT molecular complexity index is 706. The fourth-order valence-corrected chi connectivity index (χ4v) is 3.02. The molecule has 0 radical (unpaired) electrons. The first-order valence-electron chi connectivity index (χ1n) is 8.18. The predicted octanol–water partition coefficient (Wildman–Crippen LogP) is 3.59. The van der Waals surface area contributed by atoms with E-state index in [4.69, 9.17) is 16.3 Å². The molecule has 0 bridgehead atoms. The number of aryl methyl sites for hydroxylation is 2. The van der Waals surface area contributed by atoms with Gasteiger partial charge in [0.25, 0.3) is 0 Å². The van der Waals surface area contributed by atoms with E-state index in [0.29, 0.717) is 29.6 Å². The van der Waals surface area contributed by atoms with Crippen LogP contribution in [0.3, 0.4) is 0 Å². The van der Waals surface area contributed by atoms with Crippen LogP contribution in [0.25, 0.3) is 0 Å². The lowest BCUT2D eigenvalue weighted by Crippen LogP contribution is -2.28. The monoisotopic (exact) mass is 348 g/mol. The van der Waals surface area contributed by atoms with E-state index in [1.807, 2.05) is 13.1 Å². The number of benzene rings is 1. The Morgan fingerprint density at radius 3 is 3.08 bits per heavy atom. The molecule has 3 rings (SSSR count). The van der Waals surface area contributed by atoms with Gasteiger partial charge in [0.15, 0.2) is 5.75 Å². The molecular formula is C17H21ClN4O2. The second kappa shape index (κ2) is 7.57. The van der Waals surface area contributed by atoms with Gasteiger partial charge >= 0.3 is 6.03 Å². The van der Waals surface area contributed by atoms with Crippen molar-refractivity contribution in [1.82, 2.24) is 14.9 Å². The summed E-state index contributed by atoms with van der Waals surface area (Å²) in [7, 11) is 0. The number of rotatable bonds is 5. The molecule has 1 aliphatic rings. The number of aromatic nitrogens is 2. The van der Waals surface area contributed by atoms with E-state index in [0.717, 1.165) is 24.5 Å². The summed E-state index contributed by atoms with van der Waals surface area (Å²) in [4.78, 5) is 16.7. The zero-order valence-corrected chi connectivity index (χ0v) is 14.4. The summed E-state index contributed by atoms with van der Waals surface area (Å²) in [6.45, 7) is 3.74. The zero-order chi connectivity index (χ0) is 16.9. The highest BCUT2D eigenvalue weighted by molar-refractivity contribution is 6.32. The minimum absolute atomic E-state index is 0.316. The molecular weight excluding hydrogens is 328 g/mol. The van der Waals surface area contributed by atoms with Crippen molar-refractivity contribution in [3.63, 3.8) is 0 Å². The van der Waals surface area contributed by atoms with Gasteiger partial charge in [0.1, 0.15) is 5.82 Å². The number of fused-ring (bicyclic) bond motifs is 1. The summed E-state index contributed by atoms with van der Waals surface area (Å²) in [5.74, 6) is 1.58.